The molecule has 2 rings (SSSR count). The van der Waals surface area contributed by atoms with Crippen molar-refractivity contribution < 1.29 is 19.8 Å². The maximum absolute atomic E-state index is 12.0. The number of benzene rings is 1. The molecule has 114 valence electrons. The summed E-state index contributed by atoms with van der Waals surface area (Å²) in [5, 5.41) is 20.7. The number of carboxylic acids is 1. The summed E-state index contributed by atoms with van der Waals surface area (Å²) in [4.78, 5) is 23.8. The third-order valence-electron chi connectivity index (χ3n) is 4.48. The highest BCUT2D eigenvalue weighted by Crippen LogP contribution is 2.53. The molecule has 1 aromatic rings. The summed E-state index contributed by atoms with van der Waals surface area (Å²) in [5.41, 5.74) is -0.469. The van der Waals surface area contributed by atoms with Gasteiger partial charge in [-0.1, -0.05) is 36.8 Å². The minimum Gasteiger partial charge on any atom is -0.481 e. The summed E-state index contributed by atoms with van der Waals surface area (Å²) >= 11 is 1.78. The zero-order valence-electron chi connectivity index (χ0n) is 11.9. The van der Waals surface area contributed by atoms with Gasteiger partial charge in [-0.25, -0.2) is 0 Å². The van der Waals surface area contributed by atoms with Crippen LogP contribution in [-0.2, 0) is 16.0 Å². The number of alkyl halides is 1. The number of carboxylic acid groups (broad SMARTS) is 1. The van der Waals surface area contributed by atoms with Crippen LogP contribution in [-0.4, -0.2) is 25.6 Å². The molecule has 1 aromatic carbocycles. The van der Waals surface area contributed by atoms with Gasteiger partial charge in [-0.15, -0.1) is 0 Å². The van der Waals surface area contributed by atoms with Crippen LogP contribution in [0.5, 0.6) is 0 Å². The molecule has 3 unspecified atom stereocenters. The fourth-order valence-electron chi connectivity index (χ4n) is 3.27. The van der Waals surface area contributed by atoms with Crippen molar-refractivity contribution in [2.24, 2.45) is 11.3 Å². The van der Waals surface area contributed by atoms with Crippen LogP contribution in [0.3, 0.4) is 0 Å². The Balaban J connectivity index is 2.45. The smallest absolute Gasteiger partial charge is 0.313 e. The Morgan fingerprint density at radius 2 is 1.95 bits per heavy atom. The molecule has 2 N–H and O–H groups in total. The first-order valence-corrected chi connectivity index (χ1v) is 8.08. The van der Waals surface area contributed by atoms with Gasteiger partial charge in [0.05, 0.1) is 5.92 Å². The highest BCUT2D eigenvalue weighted by molar-refractivity contribution is 14.1. The highest BCUT2D eigenvalue weighted by atomic mass is 127. The highest BCUT2D eigenvalue weighted by Gasteiger charge is 2.61. The van der Waals surface area contributed by atoms with E-state index < -0.39 is 20.9 Å². The van der Waals surface area contributed by atoms with Crippen LogP contribution in [0.2, 0.25) is 0 Å². The van der Waals surface area contributed by atoms with Gasteiger partial charge < -0.3 is 10.2 Å². The summed E-state index contributed by atoms with van der Waals surface area (Å²) in [6, 6.07) is 9.28. The maximum Gasteiger partial charge on any atom is 0.313 e. The number of aliphatic carboxylic acids is 1. The number of carbonyl (C=O) groups is 2. The van der Waals surface area contributed by atoms with E-state index in [2.05, 4.69) is 0 Å². The molecule has 1 aliphatic carbocycles. The number of hydrogen-bond donors (Lipinski definition) is 2. The van der Waals surface area contributed by atoms with Gasteiger partial charge in [-0.2, -0.15) is 0 Å². The predicted molar refractivity (Wildman–Crippen MR) is 87.2 cm³/mol. The third kappa shape index (κ3) is 2.85. The standard InChI is InChI=1S/C16H19IO4/c1-11(18)13-8-5-9-15(14(19)20,16(13,17)21)10-12-6-3-2-4-7-12/h2-4,6-7,13,21H,5,8-10H2,1H3,(H,19,20). The van der Waals surface area contributed by atoms with Gasteiger partial charge in [0, 0.05) is 0 Å². The average Bonchev–Trinajstić information content (AvgIpc) is 2.41. The largest absolute Gasteiger partial charge is 0.481 e. The van der Waals surface area contributed by atoms with Gasteiger partial charge in [-0.3, -0.25) is 9.59 Å². The molecule has 0 amide bonds. The van der Waals surface area contributed by atoms with E-state index in [4.69, 9.17) is 0 Å². The Labute approximate surface area is 137 Å². The van der Waals surface area contributed by atoms with Crippen LogP contribution in [0.1, 0.15) is 31.7 Å². The van der Waals surface area contributed by atoms with Gasteiger partial charge in [0.25, 0.3) is 0 Å². The van der Waals surface area contributed by atoms with E-state index in [1.54, 1.807) is 22.6 Å². The normalized spacial score (nSPS) is 32.6. The molecule has 0 heterocycles. The van der Waals surface area contributed by atoms with Crippen LogP contribution in [0, 0.1) is 11.3 Å². The topological polar surface area (TPSA) is 74.6 Å². The molecule has 21 heavy (non-hydrogen) atoms. The van der Waals surface area contributed by atoms with E-state index >= 15 is 0 Å². The van der Waals surface area contributed by atoms with E-state index in [1.807, 2.05) is 30.3 Å². The SMILES string of the molecule is CC(=O)C1CCCC(Cc2ccccc2)(C(=O)O)C1(O)I. The van der Waals surface area contributed by atoms with E-state index in [9.17, 15) is 19.8 Å². The quantitative estimate of drug-likeness (QED) is 0.600. The van der Waals surface area contributed by atoms with Crippen molar-refractivity contribution in [3.8, 4) is 0 Å². The fraction of sp³-hybridized carbons (Fsp3) is 0.500. The van der Waals surface area contributed by atoms with Gasteiger partial charge in [0.1, 0.15) is 14.8 Å². The van der Waals surface area contributed by atoms with E-state index in [-0.39, 0.29) is 12.2 Å². The molecule has 5 heteroatoms. The molecular weight excluding hydrogens is 383 g/mol. The molecule has 1 aliphatic rings. The Bertz CT molecular complexity index is 540. The van der Waals surface area contributed by atoms with E-state index in [0.717, 1.165) is 5.56 Å². The first kappa shape index (κ1) is 16.4. The molecule has 0 aromatic heterocycles. The van der Waals surface area contributed by atoms with Crippen LogP contribution in [0.25, 0.3) is 0 Å². The number of Topliss-reactive ketones (excluding diaryl/α,β-unsaturated/α-hetero) is 1. The summed E-state index contributed by atoms with van der Waals surface area (Å²) in [6.07, 6.45) is 1.78. The lowest BCUT2D eigenvalue weighted by Crippen LogP contribution is -2.58. The molecule has 3 atom stereocenters. The molecule has 0 saturated heterocycles. The van der Waals surface area contributed by atoms with Crippen LogP contribution in [0.4, 0.5) is 0 Å². The predicted octanol–water partition coefficient (Wildman–Crippen LogP) is 2.81. The minimum absolute atomic E-state index is 0.148. The van der Waals surface area contributed by atoms with Crippen molar-refractivity contribution >= 4 is 34.3 Å². The Kier molecular flexibility index (Phi) is 4.72. The van der Waals surface area contributed by atoms with Crippen molar-refractivity contribution in [2.45, 2.75) is 36.2 Å². The Morgan fingerprint density at radius 3 is 2.48 bits per heavy atom. The molecular formula is C16H19IO4. The lowest BCUT2D eigenvalue weighted by atomic mass is 9.63. The summed E-state index contributed by atoms with van der Waals surface area (Å²) in [7, 11) is 0. The zero-order chi connectivity index (χ0) is 15.7. The number of ketones is 1. The third-order valence-corrected chi connectivity index (χ3v) is 6.26. The van der Waals surface area contributed by atoms with E-state index in [1.165, 1.54) is 6.92 Å². The average molecular weight is 402 g/mol. The van der Waals surface area contributed by atoms with Crippen molar-refractivity contribution in [1.82, 2.24) is 0 Å². The van der Waals surface area contributed by atoms with Crippen LogP contribution >= 0.6 is 22.6 Å². The van der Waals surface area contributed by atoms with Gasteiger partial charge >= 0.3 is 5.97 Å². The Hall–Kier alpha value is -0.950. The number of rotatable bonds is 4. The van der Waals surface area contributed by atoms with Crippen molar-refractivity contribution in [3.63, 3.8) is 0 Å². The van der Waals surface area contributed by atoms with Crippen molar-refractivity contribution in [1.29, 1.82) is 0 Å². The molecule has 1 saturated carbocycles. The molecule has 0 radical (unpaired) electrons. The van der Waals surface area contributed by atoms with Gasteiger partial charge in [0.15, 0.2) is 0 Å². The molecule has 4 nitrogen and oxygen atoms in total. The van der Waals surface area contributed by atoms with E-state index in [0.29, 0.717) is 19.3 Å². The van der Waals surface area contributed by atoms with Gasteiger partial charge in [0.2, 0.25) is 0 Å². The summed E-state index contributed by atoms with van der Waals surface area (Å²) in [5.74, 6) is -1.81. The monoisotopic (exact) mass is 402 g/mol. The number of aliphatic hydroxyl groups is 1. The Morgan fingerprint density at radius 1 is 1.33 bits per heavy atom. The molecule has 0 spiro atoms. The second-order valence-corrected chi connectivity index (χ2v) is 7.42. The lowest BCUT2D eigenvalue weighted by Gasteiger charge is -2.48. The molecule has 0 bridgehead atoms. The number of hydrogen-bond acceptors (Lipinski definition) is 3. The summed E-state index contributed by atoms with van der Waals surface area (Å²) in [6.45, 7) is 1.43. The maximum atomic E-state index is 12.0. The zero-order valence-corrected chi connectivity index (χ0v) is 14.0. The second-order valence-electron chi connectivity index (χ2n) is 5.78. The summed E-state index contributed by atoms with van der Waals surface area (Å²) < 4.78 is -1.57. The molecule has 0 aliphatic heterocycles. The number of halogens is 1. The lowest BCUT2D eigenvalue weighted by molar-refractivity contribution is -0.168. The second kappa shape index (κ2) is 6.04. The first-order chi connectivity index (χ1) is 9.81. The van der Waals surface area contributed by atoms with Crippen LogP contribution in [0.15, 0.2) is 30.3 Å². The fourth-order valence-corrected chi connectivity index (χ4v) is 4.71. The van der Waals surface area contributed by atoms with Crippen molar-refractivity contribution in [3.05, 3.63) is 35.9 Å². The number of carbonyl (C=O) groups excluding carboxylic acids is 1. The van der Waals surface area contributed by atoms with Crippen LogP contribution < -0.4 is 0 Å². The molecule has 1 fully saturated rings. The van der Waals surface area contributed by atoms with Crippen molar-refractivity contribution in [2.75, 3.05) is 0 Å². The first-order valence-electron chi connectivity index (χ1n) is 7.00. The minimum atomic E-state index is -1.57. The van der Waals surface area contributed by atoms with Gasteiger partial charge in [-0.05, 0) is 54.3 Å².